The van der Waals surface area contributed by atoms with E-state index >= 15 is 0 Å². The summed E-state index contributed by atoms with van der Waals surface area (Å²) >= 11 is 0. The third kappa shape index (κ3) is 2.57. The number of aromatic amines is 1. The van der Waals surface area contributed by atoms with Crippen molar-refractivity contribution in [2.45, 2.75) is 32.6 Å². The first-order chi connectivity index (χ1) is 11.2. The van der Waals surface area contributed by atoms with Crippen LogP contribution in [0.1, 0.15) is 38.2 Å². The Hall–Kier alpha value is -2.74. The first kappa shape index (κ1) is 15.2. The molecule has 0 radical (unpaired) electrons. The summed E-state index contributed by atoms with van der Waals surface area (Å²) in [5.74, 6) is 0.820. The van der Waals surface area contributed by atoms with E-state index in [1.807, 2.05) is 30.3 Å². The summed E-state index contributed by atoms with van der Waals surface area (Å²) in [4.78, 5) is 0. The molecule has 0 saturated carbocycles. The molecule has 1 aliphatic heterocycles. The average Bonchev–Trinajstić information content (AvgIpc) is 2.97. The number of nitriles is 1. The van der Waals surface area contributed by atoms with Crippen molar-refractivity contribution < 1.29 is 4.74 Å². The minimum absolute atomic E-state index is 0.0994. The fraction of sp³-hybridized carbons (Fsp3) is 0.333. The fourth-order valence-corrected chi connectivity index (χ4v) is 3.30. The number of nitrogens with two attached hydrogens (primary N) is 1. The van der Waals surface area contributed by atoms with Crippen molar-refractivity contribution in [1.82, 2.24) is 10.2 Å². The molecular weight excluding hydrogens is 288 g/mol. The molecule has 2 heterocycles. The third-order valence-electron chi connectivity index (χ3n) is 4.36. The summed E-state index contributed by atoms with van der Waals surface area (Å²) in [5.41, 5.74) is 9.31. The van der Waals surface area contributed by atoms with Crippen LogP contribution in [0.4, 0.5) is 0 Å². The Morgan fingerprint density at radius 3 is 2.78 bits per heavy atom. The Kier molecular flexibility index (Phi) is 4.07. The standard InChI is InChI=1S/C18H20N4O/c1-3-7-11(2)14-13(10-19)17(20)23-18-15(14)16(21-22-18)12-8-5-4-6-9-12/h4-6,8-9,11,14H,3,7,20H2,1-2H3,(H,21,22)/t11-,14-/m0/s1. The van der Waals surface area contributed by atoms with E-state index in [2.05, 4.69) is 30.1 Å². The summed E-state index contributed by atoms with van der Waals surface area (Å²) < 4.78 is 5.59. The van der Waals surface area contributed by atoms with Crippen LogP contribution in [-0.4, -0.2) is 10.2 Å². The van der Waals surface area contributed by atoms with E-state index in [0.29, 0.717) is 11.5 Å². The van der Waals surface area contributed by atoms with Crippen LogP contribution < -0.4 is 10.5 Å². The lowest BCUT2D eigenvalue weighted by molar-refractivity contribution is 0.349. The van der Waals surface area contributed by atoms with E-state index in [4.69, 9.17) is 10.5 Å². The highest BCUT2D eigenvalue weighted by Gasteiger charge is 2.37. The van der Waals surface area contributed by atoms with Gasteiger partial charge in [0.05, 0.1) is 16.8 Å². The molecule has 0 spiro atoms. The fourth-order valence-electron chi connectivity index (χ4n) is 3.30. The quantitative estimate of drug-likeness (QED) is 0.901. The topological polar surface area (TPSA) is 87.7 Å². The SMILES string of the molecule is CCC[C@H](C)[C@H]1C(C#N)=C(N)Oc2n[nH]c(-c3ccccc3)c21. The third-order valence-corrected chi connectivity index (χ3v) is 4.36. The number of H-pyrrole nitrogens is 1. The first-order valence-corrected chi connectivity index (χ1v) is 7.88. The Morgan fingerprint density at radius 2 is 2.13 bits per heavy atom. The second-order valence-electron chi connectivity index (χ2n) is 5.92. The summed E-state index contributed by atoms with van der Waals surface area (Å²) in [6.07, 6.45) is 2.05. The van der Waals surface area contributed by atoms with Crippen molar-refractivity contribution in [3.05, 3.63) is 47.4 Å². The van der Waals surface area contributed by atoms with E-state index in [-0.39, 0.29) is 17.7 Å². The Balaban J connectivity index is 2.16. The van der Waals surface area contributed by atoms with Crippen molar-refractivity contribution in [2.24, 2.45) is 11.7 Å². The molecule has 0 amide bonds. The van der Waals surface area contributed by atoms with Crippen molar-refractivity contribution in [3.8, 4) is 23.2 Å². The number of fused-ring (bicyclic) bond motifs is 1. The maximum atomic E-state index is 9.58. The normalized spacial score (nSPS) is 18.0. The second kappa shape index (κ2) is 6.17. The van der Waals surface area contributed by atoms with Crippen molar-refractivity contribution in [1.29, 1.82) is 5.26 Å². The highest BCUT2D eigenvalue weighted by molar-refractivity contribution is 5.69. The van der Waals surface area contributed by atoms with E-state index in [0.717, 1.165) is 29.7 Å². The maximum Gasteiger partial charge on any atom is 0.244 e. The number of nitrogens with one attached hydrogen (secondary N) is 1. The predicted octanol–water partition coefficient (Wildman–Crippen LogP) is 3.68. The summed E-state index contributed by atoms with van der Waals surface area (Å²) in [6, 6.07) is 12.2. The number of rotatable bonds is 4. The molecule has 0 fully saturated rings. The highest BCUT2D eigenvalue weighted by atomic mass is 16.5. The molecule has 3 N–H and O–H groups in total. The van der Waals surface area contributed by atoms with Gasteiger partial charge in [0, 0.05) is 5.92 Å². The maximum absolute atomic E-state index is 9.58. The predicted molar refractivity (Wildman–Crippen MR) is 88.3 cm³/mol. The van der Waals surface area contributed by atoms with Gasteiger partial charge in [0.15, 0.2) is 0 Å². The van der Waals surface area contributed by atoms with Crippen LogP contribution in [0, 0.1) is 17.2 Å². The molecule has 2 atom stereocenters. The van der Waals surface area contributed by atoms with E-state index in [1.165, 1.54) is 0 Å². The molecule has 2 aromatic rings. The molecule has 0 bridgehead atoms. The number of ether oxygens (including phenoxy) is 1. The van der Waals surface area contributed by atoms with Crippen molar-refractivity contribution in [2.75, 3.05) is 0 Å². The van der Waals surface area contributed by atoms with Gasteiger partial charge in [0.1, 0.15) is 6.07 Å². The van der Waals surface area contributed by atoms with Crippen LogP contribution in [0.3, 0.4) is 0 Å². The summed E-state index contributed by atoms with van der Waals surface area (Å²) in [6.45, 7) is 4.29. The zero-order valence-corrected chi connectivity index (χ0v) is 13.3. The van der Waals surface area contributed by atoms with Crippen LogP contribution in [-0.2, 0) is 0 Å². The van der Waals surface area contributed by atoms with Gasteiger partial charge in [0.25, 0.3) is 0 Å². The largest absolute Gasteiger partial charge is 0.420 e. The van der Waals surface area contributed by atoms with Gasteiger partial charge in [0.2, 0.25) is 11.8 Å². The molecule has 1 aliphatic rings. The molecule has 0 unspecified atom stereocenters. The first-order valence-electron chi connectivity index (χ1n) is 7.88. The van der Waals surface area contributed by atoms with E-state index in [1.54, 1.807) is 0 Å². The number of hydrogen-bond donors (Lipinski definition) is 2. The van der Waals surface area contributed by atoms with Gasteiger partial charge in [-0.25, -0.2) is 0 Å². The number of hydrogen-bond acceptors (Lipinski definition) is 4. The van der Waals surface area contributed by atoms with Crippen LogP contribution in [0.15, 0.2) is 41.8 Å². The van der Waals surface area contributed by atoms with Gasteiger partial charge < -0.3 is 10.5 Å². The van der Waals surface area contributed by atoms with Gasteiger partial charge in [-0.15, -0.1) is 5.10 Å². The smallest absolute Gasteiger partial charge is 0.244 e. The van der Waals surface area contributed by atoms with Crippen molar-refractivity contribution >= 4 is 0 Å². The van der Waals surface area contributed by atoms with Gasteiger partial charge in [-0.05, 0) is 11.5 Å². The van der Waals surface area contributed by atoms with Gasteiger partial charge in [-0.3, -0.25) is 5.10 Å². The monoisotopic (exact) mass is 308 g/mol. The number of allylic oxidation sites excluding steroid dienone is 1. The molecule has 0 aliphatic carbocycles. The van der Waals surface area contributed by atoms with Crippen LogP contribution in [0.2, 0.25) is 0 Å². The lowest BCUT2D eigenvalue weighted by atomic mass is 9.78. The molecule has 5 nitrogen and oxygen atoms in total. The molecular formula is C18H20N4O. The molecule has 118 valence electrons. The van der Waals surface area contributed by atoms with E-state index < -0.39 is 0 Å². The second-order valence-corrected chi connectivity index (χ2v) is 5.92. The number of aromatic nitrogens is 2. The lowest BCUT2D eigenvalue weighted by Crippen LogP contribution is -2.24. The molecule has 23 heavy (non-hydrogen) atoms. The zero-order chi connectivity index (χ0) is 16.4. The Bertz CT molecular complexity index is 770. The molecule has 0 saturated heterocycles. The minimum Gasteiger partial charge on any atom is -0.420 e. The molecule has 3 rings (SSSR count). The molecule has 1 aromatic heterocycles. The lowest BCUT2D eigenvalue weighted by Gasteiger charge is -2.28. The van der Waals surface area contributed by atoms with E-state index in [9.17, 15) is 5.26 Å². The minimum atomic E-state index is -0.0994. The van der Waals surface area contributed by atoms with Gasteiger partial charge >= 0.3 is 0 Å². The Morgan fingerprint density at radius 1 is 1.39 bits per heavy atom. The zero-order valence-electron chi connectivity index (χ0n) is 13.3. The van der Waals surface area contributed by atoms with Gasteiger partial charge in [-0.1, -0.05) is 57.0 Å². The average molecular weight is 308 g/mol. The summed E-state index contributed by atoms with van der Waals surface area (Å²) in [5, 5.41) is 16.9. The summed E-state index contributed by atoms with van der Waals surface area (Å²) in [7, 11) is 0. The Labute approximate surface area is 135 Å². The molecule has 5 heteroatoms. The van der Waals surface area contributed by atoms with Crippen LogP contribution >= 0.6 is 0 Å². The molecule has 1 aromatic carbocycles. The number of nitrogens with zero attached hydrogens (tertiary/aromatic N) is 2. The van der Waals surface area contributed by atoms with Gasteiger partial charge in [-0.2, -0.15) is 5.26 Å². The van der Waals surface area contributed by atoms with Crippen LogP contribution in [0.5, 0.6) is 5.88 Å². The van der Waals surface area contributed by atoms with Crippen LogP contribution in [0.25, 0.3) is 11.3 Å². The highest BCUT2D eigenvalue weighted by Crippen LogP contribution is 2.46. The van der Waals surface area contributed by atoms with Crippen molar-refractivity contribution in [3.63, 3.8) is 0 Å². The number of benzene rings is 1.